The van der Waals surface area contributed by atoms with Crippen molar-refractivity contribution >= 4 is 5.91 Å². The third-order valence-electron chi connectivity index (χ3n) is 5.83. The molecule has 2 aromatic rings. The Morgan fingerprint density at radius 3 is 2.36 bits per heavy atom. The number of benzene rings is 2. The zero-order valence-electron chi connectivity index (χ0n) is 14.5. The van der Waals surface area contributed by atoms with Gasteiger partial charge in [0.05, 0.1) is 0 Å². The molecule has 0 spiro atoms. The highest BCUT2D eigenvalue weighted by Gasteiger charge is 2.39. The van der Waals surface area contributed by atoms with Gasteiger partial charge in [0.25, 0.3) is 0 Å². The minimum atomic E-state index is -0.130. The van der Waals surface area contributed by atoms with Gasteiger partial charge in [0, 0.05) is 11.8 Å². The Bertz CT molecular complexity index is 739. The lowest BCUT2D eigenvalue weighted by Gasteiger charge is -2.35. The van der Waals surface area contributed by atoms with E-state index in [9.17, 15) is 4.79 Å². The Balaban J connectivity index is 0.000000223. The summed E-state index contributed by atoms with van der Waals surface area (Å²) in [4.78, 5) is 9.98. The van der Waals surface area contributed by atoms with Gasteiger partial charge < -0.3 is 11.1 Å². The first-order chi connectivity index (χ1) is 12.2. The first-order valence-corrected chi connectivity index (χ1v) is 9.37. The van der Waals surface area contributed by atoms with E-state index >= 15 is 0 Å². The molecular formula is C22H26N2O. The van der Waals surface area contributed by atoms with Crippen molar-refractivity contribution in [2.75, 3.05) is 13.1 Å². The fourth-order valence-electron chi connectivity index (χ4n) is 4.36. The van der Waals surface area contributed by atoms with Gasteiger partial charge in [-0.15, -0.1) is 0 Å². The van der Waals surface area contributed by atoms with Gasteiger partial charge in [-0.3, -0.25) is 4.79 Å². The van der Waals surface area contributed by atoms with E-state index in [1.165, 1.54) is 25.1 Å². The van der Waals surface area contributed by atoms with Crippen molar-refractivity contribution in [2.24, 2.45) is 23.5 Å². The summed E-state index contributed by atoms with van der Waals surface area (Å²) in [6.45, 7) is 2.35. The highest BCUT2D eigenvalue weighted by molar-refractivity contribution is 5.78. The van der Waals surface area contributed by atoms with Crippen LogP contribution in [0, 0.1) is 17.8 Å². The molecule has 1 saturated carbocycles. The van der Waals surface area contributed by atoms with Crippen molar-refractivity contribution in [3.63, 3.8) is 0 Å². The van der Waals surface area contributed by atoms with E-state index in [1.807, 2.05) is 0 Å². The Morgan fingerprint density at radius 1 is 0.960 bits per heavy atom. The van der Waals surface area contributed by atoms with Crippen LogP contribution in [0.2, 0.25) is 0 Å². The molecule has 130 valence electrons. The maximum Gasteiger partial charge on any atom is 0.220 e. The molecule has 0 radical (unpaired) electrons. The first-order valence-electron chi connectivity index (χ1n) is 9.37. The molecule has 0 aromatic heterocycles. The van der Waals surface area contributed by atoms with E-state index in [0.717, 1.165) is 24.7 Å². The minimum absolute atomic E-state index is 0.130. The molecule has 3 heteroatoms. The lowest BCUT2D eigenvalue weighted by Crippen LogP contribution is -2.29. The summed E-state index contributed by atoms with van der Waals surface area (Å²) in [5.74, 6) is 2.25. The van der Waals surface area contributed by atoms with Crippen LogP contribution in [-0.2, 0) is 11.2 Å². The average Bonchev–Trinajstić information content (AvgIpc) is 3.40. The number of nitrogens with two attached hydrogens (primary N) is 1. The topological polar surface area (TPSA) is 55.1 Å². The third kappa shape index (κ3) is 3.47. The van der Waals surface area contributed by atoms with Crippen molar-refractivity contribution in [2.45, 2.75) is 25.2 Å². The van der Waals surface area contributed by atoms with Crippen molar-refractivity contribution in [1.82, 2.24) is 5.32 Å². The molecule has 3 atom stereocenters. The van der Waals surface area contributed by atoms with Gasteiger partial charge in [0.15, 0.2) is 0 Å². The number of carbonyl (C=O) groups excluding carboxylic acids is 1. The second-order valence-corrected chi connectivity index (χ2v) is 7.55. The molecular weight excluding hydrogens is 308 g/mol. The smallest absolute Gasteiger partial charge is 0.220 e. The zero-order valence-corrected chi connectivity index (χ0v) is 14.5. The third-order valence-corrected chi connectivity index (χ3v) is 5.83. The molecule has 1 heterocycles. The SMILES string of the molecule is NC(=O)C1CC1.c1ccc(C2c3ccccc3CC3CNCC32)cc1. The summed E-state index contributed by atoms with van der Waals surface area (Å²) in [7, 11) is 0. The molecule has 1 amide bonds. The van der Waals surface area contributed by atoms with Crippen molar-refractivity contribution < 1.29 is 4.79 Å². The van der Waals surface area contributed by atoms with Crippen LogP contribution in [0.3, 0.4) is 0 Å². The Kier molecular flexibility index (Phi) is 4.58. The van der Waals surface area contributed by atoms with E-state index in [-0.39, 0.29) is 11.8 Å². The molecule has 3 nitrogen and oxygen atoms in total. The fraction of sp³-hybridized carbons (Fsp3) is 0.409. The number of hydrogen-bond donors (Lipinski definition) is 2. The minimum Gasteiger partial charge on any atom is -0.369 e. The molecule has 0 bridgehead atoms. The van der Waals surface area contributed by atoms with Crippen LogP contribution >= 0.6 is 0 Å². The second kappa shape index (κ2) is 7.01. The summed E-state index contributed by atoms with van der Waals surface area (Å²) < 4.78 is 0. The van der Waals surface area contributed by atoms with E-state index < -0.39 is 0 Å². The lowest BCUT2D eigenvalue weighted by atomic mass is 9.68. The molecule has 2 aromatic carbocycles. The van der Waals surface area contributed by atoms with Crippen molar-refractivity contribution in [3.05, 3.63) is 71.3 Å². The number of hydrogen-bond acceptors (Lipinski definition) is 2. The molecule has 3 unspecified atom stereocenters. The van der Waals surface area contributed by atoms with Crippen LogP contribution in [0.25, 0.3) is 0 Å². The van der Waals surface area contributed by atoms with Gasteiger partial charge in [-0.25, -0.2) is 0 Å². The molecule has 2 aliphatic carbocycles. The van der Waals surface area contributed by atoms with Crippen LogP contribution in [0.1, 0.15) is 35.4 Å². The van der Waals surface area contributed by atoms with Gasteiger partial charge in [-0.05, 0) is 60.9 Å². The Hall–Kier alpha value is -2.13. The van der Waals surface area contributed by atoms with Crippen molar-refractivity contribution in [1.29, 1.82) is 0 Å². The number of rotatable bonds is 2. The quantitative estimate of drug-likeness (QED) is 0.887. The van der Waals surface area contributed by atoms with Crippen LogP contribution < -0.4 is 11.1 Å². The number of primary amides is 1. The molecule has 1 saturated heterocycles. The van der Waals surface area contributed by atoms with Crippen LogP contribution in [0.15, 0.2) is 54.6 Å². The molecule has 1 aliphatic heterocycles. The monoisotopic (exact) mass is 334 g/mol. The number of fused-ring (bicyclic) bond motifs is 2. The first kappa shape index (κ1) is 16.3. The van der Waals surface area contributed by atoms with Crippen LogP contribution in [0.4, 0.5) is 0 Å². The second-order valence-electron chi connectivity index (χ2n) is 7.55. The van der Waals surface area contributed by atoms with E-state index in [4.69, 9.17) is 5.73 Å². The van der Waals surface area contributed by atoms with E-state index in [0.29, 0.717) is 5.92 Å². The highest BCUT2D eigenvalue weighted by atomic mass is 16.1. The molecule has 3 aliphatic rings. The van der Waals surface area contributed by atoms with Crippen LogP contribution in [0.5, 0.6) is 0 Å². The largest absolute Gasteiger partial charge is 0.369 e. The van der Waals surface area contributed by atoms with Gasteiger partial charge in [0.2, 0.25) is 5.91 Å². The Morgan fingerprint density at radius 2 is 1.68 bits per heavy atom. The van der Waals surface area contributed by atoms with E-state index in [1.54, 1.807) is 11.1 Å². The standard InChI is InChI=1S/C18H19N.C4H7NO/c1-2-6-13(7-3-1)18-16-9-5-4-8-14(16)10-15-11-19-12-17(15)18;5-4(6)3-1-2-3/h1-9,15,17-19H,10-12H2;3H,1-2H2,(H2,5,6). The summed E-state index contributed by atoms with van der Waals surface area (Å²) in [6.07, 6.45) is 3.29. The zero-order chi connectivity index (χ0) is 17.2. The van der Waals surface area contributed by atoms with E-state index in [2.05, 4.69) is 59.9 Å². The highest BCUT2D eigenvalue weighted by Crippen LogP contribution is 2.44. The fourth-order valence-corrected chi connectivity index (χ4v) is 4.36. The van der Waals surface area contributed by atoms with Gasteiger partial charge >= 0.3 is 0 Å². The van der Waals surface area contributed by atoms with Crippen LogP contribution in [-0.4, -0.2) is 19.0 Å². The van der Waals surface area contributed by atoms with Gasteiger partial charge in [-0.1, -0.05) is 54.6 Å². The molecule has 3 N–H and O–H groups in total. The molecule has 5 rings (SSSR count). The Labute approximate surface area is 149 Å². The maximum atomic E-state index is 9.98. The summed E-state index contributed by atoms with van der Waals surface area (Å²) in [6, 6.07) is 20.1. The molecule has 2 fully saturated rings. The number of amides is 1. The number of nitrogens with one attached hydrogen (secondary N) is 1. The van der Waals surface area contributed by atoms with Crippen molar-refractivity contribution in [3.8, 4) is 0 Å². The number of carbonyl (C=O) groups is 1. The average molecular weight is 334 g/mol. The lowest BCUT2D eigenvalue weighted by molar-refractivity contribution is -0.119. The normalized spacial score (nSPS) is 26.8. The van der Waals surface area contributed by atoms with Gasteiger partial charge in [0.1, 0.15) is 0 Å². The summed E-state index contributed by atoms with van der Waals surface area (Å²) in [5, 5.41) is 3.60. The predicted octanol–water partition coefficient (Wildman–Crippen LogP) is 3.09. The summed E-state index contributed by atoms with van der Waals surface area (Å²) >= 11 is 0. The predicted molar refractivity (Wildman–Crippen MR) is 100 cm³/mol. The summed E-state index contributed by atoms with van der Waals surface area (Å²) in [5.41, 5.74) is 9.45. The molecule has 25 heavy (non-hydrogen) atoms. The maximum absolute atomic E-state index is 9.98. The van der Waals surface area contributed by atoms with Gasteiger partial charge in [-0.2, -0.15) is 0 Å².